The van der Waals surface area contributed by atoms with Crippen LogP contribution in [0, 0.1) is 0 Å². The van der Waals surface area contributed by atoms with Crippen molar-refractivity contribution in [1.29, 1.82) is 0 Å². The van der Waals surface area contributed by atoms with E-state index in [2.05, 4.69) is 0 Å². The Hall–Kier alpha value is -1.84. The number of hydrogen-bond acceptors (Lipinski definition) is 2. The Labute approximate surface area is 76.6 Å². The molecule has 0 rings (SSSR count). The van der Waals surface area contributed by atoms with Crippen molar-refractivity contribution in [3.05, 3.63) is 36.0 Å². The summed E-state index contributed by atoms with van der Waals surface area (Å²) >= 11 is 0. The average Bonchev–Trinajstić information content (AvgIpc) is 2.04. The number of amides is 2. The third-order valence-electron chi connectivity index (χ3n) is 1.21. The lowest BCUT2D eigenvalue weighted by Crippen LogP contribution is -2.06. The first kappa shape index (κ1) is 11.2. The summed E-state index contributed by atoms with van der Waals surface area (Å²) in [6.07, 6.45) is 7.14. The summed E-state index contributed by atoms with van der Waals surface area (Å²) in [4.78, 5) is 20.7. The number of nitrogens with two attached hydrogens (primary N) is 2. The second kappa shape index (κ2) is 5.77. The third-order valence-corrected chi connectivity index (χ3v) is 1.21. The van der Waals surface area contributed by atoms with Crippen LogP contribution in [0.4, 0.5) is 0 Å². The van der Waals surface area contributed by atoms with Gasteiger partial charge in [0, 0.05) is 12.2 Å². The molecular formula is C9H12N2O2. The molecule has 0 bridgehead atoms. The third kappa shape index (κ3) is 6.55. The average molecular weight is 180 g/mol. The van der Waals surface area contributed by atoms with Crippen molar-refractivity contribution in [2.24, 2.45) is 11.5 Å². The van der Waals surface area contributed by atoms with Gasteiger partial charge in [-0.2, -0.15) is 0 Å². The summed E-state index contributed by atoms with van der Waals surface area (Å²) < 4.78 is 0. The quantitative estimate of drug-likeness (QED) is 0.472. The van der Waals surface area contributed by atoms with Crippen LogP contribution in [-0.4, -0.2) is 11.8 Å². The van der Waals surface area contributed by atoms with E-state index in [0.29, 0.717) is 5.57 Å². The fourth-order valence-corrected chi connectivity index (χ4v) is 0.605. The van der Waals surface area contributed by atoms with Crippen LogP contribution in [0.2, 0.25) is 0 Å². The zero-order valence-corrected chi connectivity index (χ0v) is 7.36. The molecule has 0 atom stereocenters. The van der Waals surface area contributed by atoms with E-state index in [1.165, 1.54) is 24.3 Å². The van der Waals surface area contributed by atoms with Crippen LogP contribution < -0.4 is 11.5 Å². The largest absolute Gasteiger partial charge is 0.366 e. The molecular weight excluding hydrogens is 168 g/mol. The molecule has 0 spiro atoms. The van der Waals surface area contributed by atoms with Crippen LogP contribution in [0.1, 0.15) is 6.92 Å². The van der Waals surface area contributed by atoms with Crippen LogP contribution in [0.15, 0.2) is 36.0 Å². The van der Waals surface area contributed by atoms with Gasteiger partial charge < -0.3 is 11.5 Å². The van der Waals surface area contributed by atoms with Gasteiger partial charge >= 0.3 is 0 Å². The van der Waals surface area contributed by atoms with E-state index in [1.54, 1.807) is 13.0 Å². The lowest BCUT2D eigenvalue weighted by Gasteiger charge is -1.89. The molecule has 0 saturated heterocycles. The minimum absolute atomic E-state index is 0.535. The Morgan fingerprint density at radius 1 is 0.923 bits per heavy atom. The lowest BCUT2D eigenvalue weighted by atomic mass is 10.2. The molecule has 4 N–H and O–H groups in total. The highest BCUT2D eigenvalue weighted by molar-refractivity contribution is 5.87. The molecule has 0 saturated carbocycles. The van der Waals surface area contributed by atoms with Gasteiger partial charge in [-0.05, 0) is 24.6 Å². The molecule has 0 aliphatic rings. The molecule has 70 valence electrons. The van der Waals surface area contributed by atoms with E-state index in [-0.39, 0.29) is 0 Å². The van der Waals surface area contributed by atoms with Gasteiger partial charge in [-0.1, -0.05) is 6.08 Å². The van der Waals surface area contributed by atoms with Gasteiger partial charge in [0.2, 0.25) is 11.8 Å². The maximum atomic E-state index is 10.4. The summed E-state index contributed by atoms with van der Waals surface area (Å²) in [6.45, 7) is 1.77. The molecule has 4 heteroatoms. The fraction of sp³-hybridized carbons (Fsp3) is 0.111. The predicted molar refractivity (Wildman–Crippen MR) is 50.4 cm³/mol. The number of primary amides is 2. The first-order chi connectivity index (χ1) is 6.06. The second-order valence-electron chi connectivity index (χ2n) is 2.26. The minimum Gasteiger partial charge on any atom is -0.366 e. The lowest BCUT2D eigenvalue weighted by molar-refractivity contribution is -0.114. The van der Waals surface area contributed by atoms with Crippen molar-refractivity contribution in [1.82, 2.24) is 0 Å². The van der Waals surface area contributed by atoms with Crippen molar-refractivity contribution in [3.63, 3.8) is 0 Å². The number of rotatable bonds is 4. The maximum Gasteiger partial charge on any atom is 0.241 e. The molecule has 0 aliphatic carbocycles. The van der Waals surface area contributed by atoms with Crippen LogP contribution in [0.25, 0.3) is 0 Å². The Morgan fingerprint density at radius 2 is 1.31 bits per heavy atom. The van der Waals surface area contributed by atoms with E-state index in [1.807, 2.05) is 0 Å². The molecule has 0 aromatic heterocycles. The van der Waals surface area contributed by atoms with Crippen molar-refractivity contribution in [2.45, 2.75) is 6.92 Å². The zero-order chi connectivity index (χ0) is 10.3. The molecule has 0 aromatic rings. The molecule has 0 aliphatic heterocycles. The summed E-state index contributed by atoms with van der Waals surface area (Å²) in [5, 5.41) is 0. The molecule has 2 amide bonds. The first-order valence-electron chi connectivity index (χ1n) is 3.67. The van der Waals surface area contributed by atoms with Gasteiger partial charge in [0.05, 0.1) is 0 Å². The van der Waals surface area contributed by atoms with Crippen LogP contribution >= 0.6 is 0 Å². The van der Waals surface area contributed by atoms with Gasteiger partial charge in [-0.15, -0.1) is 0 Å². The van der Waals surface area contributed by atoms with Crippen LogP contribution in [-0.2, 0) is 9.59 Å². The molecule has 0 fully saturated rings. The molecule has 0 aromatic carbocycles. The highest BCUT2D eigenvalue weighted by Crippen LogP contribution is 1.98. The molecule has 4 nitrogen and oxygen atoms in total. The van der Waals surface area contributed by atoms with E-state index in [4.69, 9.17) is 11.5 Å². The van der Waals surface area contributed by atoms with Gasteiger partial charge in [0.15, 0.2) is 0 Å². The van der Waals surface area contributed by atoms with E-state index in [9.17, 15) is 9.59 Å². The smallest absolute Gasteiger partial charge is 0.241 e. The number of hydrogen-bond donors (Lipinski definition) is 2. The number of allylic oxidation sites excluding steroid dienone is 4. The highest BCUT2D eigenvalue weighted by atomic mass is 16.1. The van der Waals surface area contributed by atoms with Gasteiger partial charge in [-0.3, -0.25) is 9.59 Å². The van der Waals surface area contributed by atoms with Gasteiger partial charge in [0.25, 0.3) is 0 Å². The molecule has 0 unspecified atom stereocenters. The van der Waals surface area contributed by atoms with E-state index < -0.39 is 11.8 Å². The standard InChI is InChI=1S/C9H12N2O2/c1-2-7(3-5-8(10)12)4-6-9(11)13/h2-6H,1H3,(H2,10,12)(H2,11,13). The van der Waals surface area contributed by atoms with Crippen molar-refractivity contribution in [3.8, 4) is 0 Å². The topological polar surface area (TPSA) is 86.2 Å². The molecule has 13 heavy (non-hydrogen) atoms. The molecule has 0 radical (unpaired) electrons. The normalized spacial score (nSPS) is 10.5. The van der Waals surface area contributed by atoms with Crippen molar-refractivity contribution in [2.75, 3.05) is 0 Å². The predicted octanol–water partition coefficient (Wildman–Crippen LogP) is 0.0157. The summed E-state index contributed by atoms with van der Waals surface area (Å²) in [7, 11) is 0. The second-order valence-corrected chi connectivity index (χ2v) is 2.26. The van der Waals surface area contributed by atoms with Gasteiger partial charge in [-0.25, -0.2) is 0 Å². The van der Waals surface area contributed by atoms with Crippen molar-refractivity contribution >= 4 is 11.8 Å². The Kier molecular flexibility index (Phi) is 4.95. The van der Waals surface area contributed by atoms with Crippen LogP contribution in [0.3, 0.4) is 0 Å². The SMILES string of the molecule is CC=C(C=CC(N)=O)C=CC(N)=O. The zero-order valence-electron chi connectivity index (χ0n) is 7.36. The number of carbonyl (C=O) groups excluding carboxylic acids is 2. The fourth-order valence-electron chi connectivity index (χ4n) is 0.605. The number of carbonyl (C=O) groups is 2. The maximum absolute atomic E-state index is 10.4. The van der Waals surface area contributed by atoms with Crippen molar-refractivity contribution < 1.29 is 9.59 Å². The summed E-state index contributed by atoms with van der Waals surface area (Å²) in [5.41, 5.74) is 10.5. The monoisotopic (exact) mass is 180 g/mol. The first-order valence-corrected chi connectivity index (χ1v) is 3.67. The summed E-state index contributed by atoms with van der Waals surface area (Å²) in [5.74, 6) is -1.07. The highest BCUT2D eigenvalue weighted by Gasteiger charge is 1.87. The Bertz CT molecular complexity index is 262. The van der Waals surface area contributed by atoms with Crippen LogP contribution in [0.5, 0.6) is 0 Å². The minimum atomic E-state index is -0.535. The molecule has 0 heterocycles. The summed E-state index contributed by atoms with van der Waals surface area (Å²) in [6, 6.07) is 0. The van der Waals surface area contributed by atoms with E-state index in [0.717, 1.165) is 0 Å². The van der Waals surface area contributed by atoms with Gasteiger partial charge in [0.1, 0.15) is 0 Å². The Morgan fingerprint density at radius 3 is 1.54 bits per heavy atom. The Balaban J connectivity index is 4.39. The van der Waals surface area contributed by atoms with E-state index >= 15 is 0 Å².